The van der Waals surface area contributed by atoms with Crippen molar-refractivity contribution < 1.29 is 0 Å². The quantitative estimate of drug-likeness (QED) is 0.405. The van der Waals surface area contributed by atoms with Crippen molar-refractivity contribution in [1.82, 2.24) is 24.8 Å². The summed E-state index contributed by atoms with van der Waals surface area (Å²) in [6.07, 6.45) is 7.53. The van der Waals surface area contributed by atoms with Gasteiger partial charge in [0.05, 0.1) is 17.8 Å². The van der Waals surface area contributed by atoms with Gasteiger partial charge < -0.3 is 14.8 Å². The summed E-state index contributed by atoms with van der Waals surface area (Å²) in [4.78, 5) is 11.0. The SMILES string of the molecule is Cc1cc(-n2cccc2[C@@H]2[C@@H](c3ccccn3)NC(=S)N2Cc2ccncc2)ccc1Cl. The number of benzene rings is 1. The summed E-state index contributed by atoms with van der Waals surface area (Å²) in [5, 5.41) is 4.99. The first-order valence-corrected chi connectivity index (χ1v) is 11.2. The molecule has 0 spiro atoms. The van der Waals surface area contributed by atoms with Crippen LogP contribution >= 0.6 is 23.8 Å². The molecule has 5 rings (SSSR count). The Morgan fingerprint density at radius 2 is 1.88 bits per heavy atom. The average Bonchev–Trinajstić information content (AvgIpc) is 3.42. The molecule has 1 aliphatic rings. The average molecular weight is 460 g/mol. The highest BCUT2D eigenvalue weighted by Crippen LogP contribution is 2.40. The monoisotopic (exact) mass is 459 g/mol. The van der Waals surface area contributed by atoms with Crippen LogP contribution < -0.4 is 5.32 Å². The van der Waals surface area contributed by atoms with Crippen LogP contribution in [0.3, 0.4) is 0 Å². The molecule has 1 saturated heterocycles. The Hall–Kier alpha value is -3.22. The summed E-state index contributed by atoms with van der Waals surface area (Å²) in [7, 11) is 0. The molecule has 0 amide bonds. The number of thiocarbonyl (C=S) groups is 1. The maximum Gasteiger partial charge on any atom is 0.170 e. The van der Waals surface area contributed by atoms with Crippen LogP contribution in [0.25, 0.3) is 5.69 Å². The Balaban J connectivity index is 1.61. The largest absolute Gasteiger partial charge is 0.352 e. The lowest BCUT2D eigenvalue weighted by atomic mass is 10.0. The van der Waals surface area contributed by atoms with Gasteiger partial charge in [0.1, 0.15) is 0 Å². The fourth-order valence-electron chi connectivity index (χ4n) is 4.23. The molecule has 1 aromatic carbocycles. The van der Waals surface area contributed by atoms with E-state index in [1.165, 1.54) is 0 Å². The van der Waals surface area contributed by atoms with Gasteiger partial charge in [0.15, 0.2) is 5.11 Å². The van der Waals surface area contributed by atoms with Crippen molar-refractivity contribution in [3.05, 3.63) is 113 Å². The van der Waals surface area contributed by atoms with Crippen LogP contribution in [0.2, 0.25) is 5.02 Å². The van der Waals surface area contributed by atoms with Crippen LogP contribution in [0, 0.1) is 6.92 Å². The molecule has 0 bridgehead atoms. The summed E-state index contributed by atoms with van der Waals surface area (Å²) in [5.74, 6) is 0. The number of aromatic nitrogens is 3. The highest BCUT2D eigenvalue weighted by molar-refractivity contribution is 7.80. The first kappa shape index (κ1) is 20.7. The summed E-state index contributed by atoms with van der Waals surface area (Å²) in [6.45, 7) is 2.70. The van der Waals surface area contributed by atoms with E-state index in [9.17, 15) is 0 Å². The molecule has 0 radical (unpaired) electrons. The molecule has 0 saturated carbocycles. The van der Waals surface area contributed by atoms with Gasteiger partial charge in [-0.1, -0.05) is 17.7 Å². The first-order valence-electron chi connectivity index (χ1n) is 10.4. The number of nitrogens with zero attached hydrogens (tertiary/aromatic N) is 4. The minimum Gasteiger partial charge on any atom is -0.352 e. The van der Waals surface area contributed by atoms with Gasteiger partial charge in [0.2, 0.25) is 0 Å². The molecule has 0 unspecified atom stereocenters. The van der Waals surface area contributed by atoms with E-state index in [0.717, 1.165) is 33.2 Å². The minimum atomic E-state index is -0.0763. The number of pyridine rings is 2. The molecule has 5 nitrogen and oxygen atoms in total. The highest BCUT2D eigenvalue weighted by atomic mass is 35.5. The third-order valence-electron chi connectivity index (χ3n) is 5.80. The number of aryl methyl sites for hydroxylation is 1. The second-order valence-corrected chi connectivity index (χ2v) is 8.64. The van der Waals surface area contributed by atoms with E-state index in [0.29, 0.717) is 11.7 Å². The first-order chi connectivity index (χ1) is 15.6. The molecule has 1 fully saturated rings. The predicted octanol–water partition coefficient (Wildman–Crippen LogP) is 5.40. The maximum atomic E-state index is 6.29. The van der Waals surface area contributed by atoms with Crippen LogP contribution in [-0.2, 0) is 6.54 Å². The van der Waals surface area contributed by atoms with Gasteiger partial charge in [0, 0.05) is 47.7 Å². The van der Waals surface area contributed by atoms with Crippen molar-refractivity contribution in [3.63, 3.8) is 0 Å². The minimum absolute atomic E-state index is 0.0449. The van der Waals surface area contributed by atoms with Crippen molar-refractivity contribution in [2.24, 2.45) is 0 Å². The third-order valence-corrected chi connectivity index (χ3v) is 6.58. The van der Waals surface area contributed by atoms with Crippen molar-refractivity contribution in [2.75, 3.05) is 0 Å². The molecular formula is C25H22ClN5S. The van der Waals surface area contributed by atoms with Gasteiger partial charge in [-0.05, 0) is 84.9 Å². The number of hydrogen-bond acceptors (Lipinski definition) is 3. The molecule has 3 aromatic heterocycles. The van der Waals surface area contributed by atoms with Crippen molar-refractivity contribution in [1.29, 1.82) is 0 Å². The summed E-state index contributed by atoms with van der Waals surface area (Å²) in [6, 6.07) is 20.2. The molecule has 4 heterocycles. The summed E-state index contributed by atoms with van der Waals surface area (Å²) >= 11 is 12.1. The number of halogens is 1. The fraction of sp³-hybridized carbons (Fsp3) is 0.160. The lowest BCUT2D eigenvalue weighted by molar-refractivity contribution is 0.302. The Labute approximate surface area is 197 Å². The van der Waals surface area contributed by atoms with E-state index in [4.69, 9.17) is 23.8 Å². The number of nitrogens with one attached hydrogen (secondary N) is 1. The summed E-state index contributed by atoms with van der Waals surface area (Å²) in [5.41, 5.74) is 5.34. The molecule has 2 atom stereocenters. The molecule has 1 aliphatic heterocycles. The van der Waals surface area contributed by atoms with Crippen LogP contribution in [-0.4, -0.2) is 24.5 Å². The topological polar surface area (TPSA) is 46.0 Å². The standard InChI is InChI=1S/C25H22ClN5S/c1-17-15-19(7-8-20(17)26)30-14-4-6-22(30)24-23(21-5-2-3-11-28-21)29-25(32)31(24)16-18-9-12-27-13-10-18/h2-15,23-24H,16H2,1H3,(H,29,32)/t23-,24-/m1/s1. The zero-order valence-corrected chi connectivity index (χ0v) is 19.1. The zero-order chi connectivity index (χ0) is 22.1. The Bertz CT molecular complexity index is 1240. The molecule has 32 heavy (non-hydrogen) atoms. The van der Waals surface area contributed by atoms with Gasteiger partial charge in [0.25, 0.3) is 0 Å². The third kappa shape index (κ3) is 3.87. The van der Waals surface area contributed by atoms with Crippen LogP contribution in [0.1, 0.15) is 34.6 Å². The van der Waals surface area contributed by atoms with Gasteiger partial charge in [-0.25, -0.2) is 0 Å². The Kier molecular flexibility index (Phi) is 5.64. The van der Waals surface area contributed by atoms with E-state index in [2.05, 4.69) is 49.1 Å². The molecule has 0 aliphatic carbocycles. The van der Waals surface area contributed by atoms with Crippen LogP contribution in [0.4, 0.5) is 0 Å². The van der Waals surface area contributed by atoms with Crippen LogP contribution in [0.5, 0.6) is 0 Å². The zero-order valence-electron chi connectivity index (χ0n) is 17.5. The van der Waals surface area contributed by atoms with E-state index >= 15 is 0 Å². The molecule has 4 aromatic rings. The molecule has 7 heteroatoms. The molecule has 160 valence electrons. The Morgan fingerprint density at radius 1 is 1.03 bits per heavy atom. The molecular weight excluding hydrogens is 438 g/mol. The normalized spacial score (nSPS) is 18.1. The van der Waals surface area contributed by atoms with Crippen LogP contribution in [0.15, 0.2) is 85.5 Å². The van der Waals surface area contributed by atoms with E-state index in [1.807, 2.05) is 68.0 Å². The lowest BCUT2D eigenvalue weighted by Crippen LogP contribution is -2.30. The molecule has 1 N–H and O–H groups in total. The maximum absolute atomic E-state index is 6.29. The second kappa shape index (κ2) is 8.73. The highest BCUT2D eigenvalue weighted by Gasteiger charge is 2.41. The number of hydrogen-bond donors (Lipinski definition) is 1. The number of rotatable bonds is 5. The van der Waals surface area contributed by atoms with Gasteiger partial charge in [-0.3, -0.25) is 9.97 Å². The van der Waals surface area contributed by atoms with Crippen molar-refractivity contribution >= 4 is 28.9 Å². The smallest absolute Gasteiger partial charge is 0.170 e. The van der Waals surface area contributed by atoms with E-state index in [1.54, 1.807) is 0 Å². The Morgan fingerprint density at radius 3 is 2.62 bits per heavy atom. The second-order valence-electron chi connectivity index (χ2n) is 7.85. The predicted molar refractivity (Wildman–Crippen MR) is 131 cm³/mol. The van der Waals surface area contributed by atoms with Crippen molar-refractivity contribution in [3.8, 4) is 5.69 Å². The van der Waals surface area contributed by atoms with Gasteiger partial charge in [-0.2, -0.15) is 0 Å². The lowest BCUT2D eigenvalue weighted by Gasteiger charge is -2.29. The van der Waals surface area contributed by atoms with Crippen molar-refractivity contribution in [2.45, 2.75) is 25.6 Å². The van der Waals surface area contributed by atoms with Gasteiger partial charge >= 0.3 is 0 Å². The van der Waals surface area contributed by atoms with Gasteiger partial charge in [-0.15, -0.1) is 0 Å². The van der Waals surface area contributed by atoms with E-state index < -0.39 is 0 Å². The van der Waals surface area contributed by atoms with E-state index in [-0.39, 0.29) is 12.1 Å². The fourth-order valence-corrected chi connectivity index (χ4v) is 4.65. The summed E-state index contributed by atoms with van der Waals surface area (Å²) < 4.78 is 2.21.